The van der Waals surface area contributed by atoms with Gasteiger partial charge in [0.15, 0.2) is 0 Å². The lowest BCUT2D eigenvalue weighted by Crippen LogP contribution is -2.42. The van der Waals surface area contributed by atoms with Crippen LogP contribution >= 0.6 is 0 Å². The number of carbonyl (C=O) groups excluding carboxylic acids is 2. The molecule has 0 saturated heterocycles. The van der Waals surface area contributed by atoms with Gasteiger partial charge in [0.1, 0.15) is 0 Å². The van der Waals surface area contributed by atoms with E-state index in [1.807, 2.05) is 52.8 Å². The van der Waals surface area contributed by atoms with Gasteiger partial charge in [0.2, 0.25) is 11.8 Å². The maximum Gasteiger partial charge on any atom is 0.304 e. The molecule has 1 atom stereocenters. The molecule has 1 aromatic rings. The van der Waals surface area contributed by atoms with Crippen molar-refractivity contribution < 1.29 is 19.5 Å². The minimum atomic E-state index is -1.00. The van der Waals surface area contributed by atoms with Crippen LogP contribution in [0, 0.1) is 18.8 Å². The average molecular weight is 465 g/mol. The van der Waals surface area contributed by atoms with Gasteiger partial charge >= 0.3 is 5.97 Å². The second-order valence-electron chi connectivity index (χ2n) is 8.51. The summed E-state index contributed by atoms with van der Waals surface area (Å²) >= 11 is 0. The molecule has 0 fully saturated rings. The third-order valence-electron chi connectivity index (χ3n) is 4.55. The lowest BCUT2D eigenvalue weighted by atomic mass is 9.93. The molecule has 33 heavy (non-hydrogen) atoms. The van der Waals surface area contributed by atoms with Crippen molar-refractivity contribution in [1.82, 2.24) is 10.2 Å². The summed E-state index contributed by atoms with van der Waals surface area (Å²) in [7, 11) is 0. The molecule has 6 heteroatoms. The van der Waals surface area contributed by atoms with Crippen molar-refractivity contribution in [2.45, 2.75) is 94.0 Å². The zero-order valence-corrected chi connectivity index (χ0v) is 22.2. The maximum atomic E-state index is 12.7. The minimum Gasteiger partial charge on any atom is -0.481 e. The van der Waals surface area contributed by atoms with Crippen molar-refractivity contribution in [2.75, 3.05) is 13.1 Å². The first-order chi connectivity index (χ1) is 15.6. The molecule has 0 spiro atoms. The molecule has 0 saturated carbocycles. The zero-order chi connectivity index (χ0) is 25.8. The van der Waals surface area contributed by atoms with Gasteiger partial charge in [-0.1, -0.05) is 91.1 Å². The van der Waals surface area contributed by atoms with Crippen LogP contribution in [0.4, 0.5) is 0 Å². The number of amides is 2. The van der Waals surface area contributed by atoms with Gasteiger partial charge < -0.3 is 15.3 Å². The topological polar surface area (TPSA) is 86.7 Å². The van der Waals surface area contributed by atoms with Gasteiger partial charge in [-0.25, -0.2) is 0 Å². The highest BCUT2D eigenvalue weighted by Crippen LogP contribution is 2.16. The molecule has 0 aromatic heterocycles. The highest BCUT2D eigenvalue weighted by molar-refractivity contribution is 5.87. The van der Waals surface area contributed by atoms with E-state index in [0.717, 1.165) is 24.0 Å². The number of carbonyl (C=O) groups is 3. The summed E-state index contributed by atoms with van der Waals surface area (Å²) in [6, 6.07) is 8.02. The third-order valence-corrected chi connectivity index (χ3v) is 4.55. The number of nitrogens with one attached hydrogen (secondary N) is 1. The van der Waals surface area contributed by atoms with Crippen molar-refractivity contribution in [2.24, 2.45) is 11.8 Å². The second kappa shape index (κ2) is 20.3. The molecule has 0 aliphatic carbocycles. The van der Waals surface area contributed by atoms with Gasteiger partial charge in [0.25, 0.3) is 0 Å². The van der Waals surface area contributed by atoms with E-state index in [4.69, 9.17) is 5.11 Å². The van der Waals surface area contributed by atoms with Gasteiger partial charge in [-0.3, -0.25) is 14.4 Å². The normalized spacial score (nSPS) is 10.8. The second-order valence-corrected chi connectivity index (χ2v) is 8.51. The van der Waals surface area contributed by atoms with E-state index < -0.39 is 11.9 Å². The van der Waals surface area contributed by atoms with E-state index in [-0.39, 0.29) is 30.7 Å². The first-order valence-electron chi connectivity index (χ1n) is 12.5. The molecule has 0 heterocycles. The van der Waals surface area contributed by atoms with Crippen molar-refractivity contribution in [3.05, 3.63) is 35.4 Å². The molecule has 0 radical (unpaired) electrons. The number of aliphatic carboxylic acids is 1. The Bertz CT molecular complexity index is 674. The molecule has 1 aromatic carbocycles. The molecule has 1 unspecified atom stereocenters. The van der Waals surface area contributed by atoms with E-state index >= 15 is 0 Å². The molecule has 1 rings (SSSR count). The Morgan fingerprint density at radius 1 is 1.09 bits per heavy atom. The highest BCUT2D eigenvalue weighted by atomic mass is 16.4. The van der Waals surface area contributed by atoms with E-state index in [1.54, 1.807) is 4.90 Å². The van der Waals surface area contributed by atoms with Crippen LogP contribution in [0.2, 0.25) is 0 Å². The third kappa shape index (κ3) is 16.9. The molecule has 0 aliphatic rings. The van der Waals surface area contributed by atoms with Gasteiger partial charge in [-0.2, -0.15) is 0 Å². The van der Waals surface area contributed by atoms with E-state index in [1.165, 1.54) is 6.42 Å². The summed E-state index contributed by atoms with van der Waals surface area (Å²) in [5, 5.41) is 11.7. The summed E-state index contributed by atoms with van der Waals surface area (Å²) in [4.78, 5) is 37.9. The SMILES string of the molecule is CC.CCC.CCCCN(Cc1cccc(C)c1)C(=O)CNC(=O)C(CC(=O)O)CC(C)C. The molecule has 2 amide bonds. The zero-order valence-electron chi connectivity index (χ0n) is 22.2. The predicted octanol–water partition coefficient (Wildman–Crippen LogP) is 5.82. The smallest absolute Gasteiger partial charge is 0.304 e. The molecule has 2 N–H and O–H groups in total. The van der Waals surface area contributed by atoms with Crippen LogP contribution in [0.15, 0.2) is 24.3 Å². The van der Waals surface area contributed by atoms with Crippen LogP contribution in [0.3, 0.4) is 0 Å². The fourth-order valence-electron chi connectivity index (χ4n) is 3.15. The largest absolute Gasteiger partial charge is 0.481 e. The number of carboxylic acid groups (broad SMARTS) is 1. The summed E-state index contributed by atoms with van der Waals surface area (Å²) < 4.78 is 0. The highest BCUT2D eigenvalue weighted by Gasteiger charge is 2.24. The van der Waals surface area contributed by atoms with Crippen LogP contribution in [0.1, 0.15) is 91.7 Å². The van der Waals surface area contributed by atoms with Crippen molar-refractivity contribution in [1.29, 1.82) is 0 Å². The average Bonchev–Trinajstić information content (AvgIpc) is 2.75. The van der Waals surface area contributed by atoms with E-state index in [0.29, 0.717) is 19.5 Å². The van der Waals surface area contributed by atoms with Gasteiger partial charge in [-0.15, -0.1) is 0 Å². The number of hydrogen-bond donors (Lipinski definition) is 2. The molecule has 0 bridgehead atoms. The summed E-state index contributed by atoms with van der Waals surface area (Å²) in [6.07, 6.45) is 3.37. The first-order valence-corrected chi connectivity index (χ1v) is 12.5. The number of benzene rings is 1. The van der Waals surface area contributed by atoms with E-state index in [9.17, 15) is 14.4 Å². The van der Waals surface area contributed by atoms with Crippen molar-refractivity contribution in [3.8, 4) is 0 Å². The summed E-state index contributed by atoms with van der Waals surface area (Å²) in [6.45, 7) is 17.2. The molecular weight excluding hydrogens is 416 g/mol. The van der Waals surface area contributed by atoms with Crippen LogP contribution in [-0.2, 0) is 20.9 Å². The van der Waals surface area contributed by atoms with Gasteiger partial charge in [0, 0.05) is 19.0 Å². The number of carboxylic acids is 1. The van der Waals surface area contributed by atoms with Crippen molar-refractivity contribution in [3.63, 3.8) is 0 Å². The van der Waals surface area contributed by atoms with Crippen molar-refractivity contribution >= 4 is 17.8 Å². The quantitative estimate of drug-likeness (QED) is 0.408. The first kappa shape index (κ1) is 32.8. The van der Waals surface area contributed by atoms with Gasteiger partial charge in [-0.05, 0) is 31.2 Å². The lowest BCUT2D eigenvalue weighted by Gasteiger charge is -2.24. The number of rotatable bonds is 12. The number of nitrogens with zero attached hydrogens (tertiary/aromatic N) is 1. The van der Waals surface area contributed by atoms with Crippen LogP contribution < -0.4 is 5.32 Å². The van der Waals surface area contributed by atoms with Gasteiger partial charge in [0.05, 0.1) is 13.0 Å². The maximum absolute atomic E-state index is 12.7. The predicted molar refractivity (Wildman–Crippen MR) is 137 cm³/mol. The summed E-state index contributed by atoms with van der Waals surface area (Å²) in [5.41, 5.74) is 2.19. The van der Waals surface area contributed by atoms with Crippen LogP contribution in [0.5, 0.6) is 0 Å². The van der Waals surface area contributed by atoms with E-state index in [2.05, 4.69) is 32.2 Å². The fourth-order valence-corrected chi connectivity index (χ4v) is 3.15. The molecule has 6 nitrogen and oxygen atoms in total. The number of hydrogen-bond acceptors (Lipinski definition) is 3. The van der Waals surface area contributed by atoms with Crippen LogP contribution in [-0.4, -0.2) is 40.9 Å². The Labute approximate surface area is 202 Å². The standard InChI is InChI=1S/C22H34N2O4.C3H8.C2H6/c1-5-6-10-24(15-18-9-7-8-17(4)12-18)20(25)14-23-22(28)19(11-16(2)3)13-21(26)27;1-3-2;1-2/h7-9,12,16,19H,5-6,10-11,13-15H2,1-4H3,(H,23,28)(H,26,27);3H2,1-2H3;1-2H3. The molecule has 0 aliphatic heterocycles. The minimum absolute atomic E-state index is 0.109. The van der Waals surface area contributed by atoms with Crippen LogP contribution in [0.25, 0.3) is 0 Å². The number of aryl methyl sites for hydroxylation is 1. The Hall–Kier alpha value is -2.37. The summed E-state index contributed by atoms with van der Waals surface area (Å²) in [5.74, 6) is -1.94. The Kier molecular flexibility index (Phi) is 20.1. The Morgan fingerprint density at radius 3 is 2.18 bits per heavy atom. The monoisotopic (exact) mass is 464 g/mol. The lowest BCUT2D eigenvalue weighted by molar-refractivity contribution is -0.141. The molecular formula is C27H48N2O4. The number of unbranched alkanes of at least 4 members (excludes halogenated alkanes) is 1. The Balaban J connectivity index is 0. The fraction of sp³-hybridized carbons (Fsp3) is 0.667. The molecule has 190 valence electrons. The Morgan fingerprint density at radius 2 is 1.70 bits per heavy atom.